The van der Waals surface area contributed by atoms with Crippen LogP contribution in [0.2, 0.25) is 0 Å². The summed E-state index contributed by atoms with van der Waals surface area (Å²) in [7, 11) is 0. The van der Waals surface area contributed by atoms with Crippen LogP contribution in [-0.2, 0) is 9.63 Å². The number of amides is 1. The van der Waals surface area contributed by atoms with E-state index in [9.17, 15) is 4.79 Å². The molecule has 0 saturated heterocycles. The molecule has 1 saturated carbocycles. The lowest BCUT2D eigenvalue weighted by atomic mass is 10.3. The predicted molar refractivity (Wildman–Crippen MR) is 56.2 cm³/mol. The maximum Gasteiger partial charge on any atom is 0.268 e. The fourth-order valence-corrected chi connectivity index (χ4v) is 1.77. The zero-order valence-electron chi connectivity index (χ0n) is 9.30. The van der Waals surface area contributed by atoms with E-state index < -0.39 is 6.04 Å². The lowest BCUT2D eigenvalue weighted by molar-refractivity contribution is -0.141. The molecule has 0 aromatic carbocycles. The third kappa shape index (κ3) is 2.57. The minimum Gasteiger partial charge on any atom is -0.270 e. The molecular formula is C10H16N4O2. The summed E-state index contributed by atoms with van der Waals surface area (Å²) in [5.41, 5.74) is 2.49. The van der Waals surface area contributed by atoms with E-state index in [1.165, 1.54) is 30.2 Å². The Hall–Kier alpha value is -1.43. The number of nitrogens with one attached hydrogen (secondary N) is 1. The number of hydrogen-bond donors (Lipinski definition) is 1. The van der Waals surface area contributed by atoms with Crippen molar-refractivity contribution >= 4 is 5.91 Å². The van der Waals surface area contributed by atoms with Crippen LogP contribution in [-0.4, -0.2) is 26.8 Å². The van der Waals surface area contributed by atoms with E-state index >= 15 is 0 Å². The Balaban J connectivity index is 1.79. The molecule has 1 unspecified atom stereocenters. The monoisotopic (exact) mass is 224 g/mol. The molecule has 0 radical (unpaired) electrons. The van der Waals surface area contributed by atoms with Crippen molar-refractivity contribution < 1.29 is 9.63 Å². The minimum atomic E-state index is -0.399. The second-order valence-electron chi connectivity index (χ2n) is 4.04. The first-order chi connectivity index (χ1) is 7.77. The van der Waals surface area contributed by atoms with E-state index in [-0.39, 0.29) is 12.0 Å². The number of nitrogens with zero attached hydrogens (tertiary/aromatic N) is 3. The molecule has 6 nitrogen and oxygen atoms in total. The van der Waals surface area contributed by atoms with Gasteiger partial charge in [0.05, 0.1) is 6.10 Å². The zero-order valence-corrected chi connectivity index (χ0v) is 9.30. The van der Waals surface area contributed by atoms with E-state index in [1.807, 2.05) is 0 Å². The third-order valence-electron chi connectivity index (χ3n) is 2.84. The van der Waals surface area contributed by atoms with Gasteiger partial charge in [0.25, 0.3) is 5.91 Å². The summed E-state index contributed by atoms with van der Waals surface area (Å²) >= 11 is 0. The smallest absolute Gasteiger partial charge is 0.268 e. The fourth-order valence-electron chi connectivity index (χ4n) is 1.77. The molecule has 1 aliphatic carbocycles. The van der Waals surface area contributed by atoms with Crippen LogP contribution < -0.4 is 5.48 Å². The van der Waals surface area contributed by atoms with Crippen LogP contribution in [0.3, 0.4) is 0 Å². The molecule has 1 atom stereocenters. The molecule has 0 bridgehead atoms. The maximum atomic E-state index is 11.7. The van der Waals surface area contributed by atoms with Gasteiger partial charge in [-0.05, 0) is 19.8 Å². The summed E-state index contributed by atoms with van der Waals surface area (Å²) in [5, 5.41) is 3.91. The summed E-state index contributed by atoms with van der Waals surface area (Å²) in [6, 6.07) is -0.399. The van der Waals surface area contributed by atoms with Crippen LogP contribution in [0.1, 0.15) is 38.6 Å². The SMILES string of the molecule is CC(C(=O)NOC1CCCC1)n1cncn1. The van der Waals surface area contributed by atoms with Gasteiger partial charge in [0.15, 0.2) is 0 Å². The standard InChI is InChI=1S/C10H16N4O2/c1-8(14-7-11-6-12-14)10(15)13-16-9-4-2-3-5-9/h6-9H,2-5H2,1H3,(H,13,15). The van der Waals surface area contributed by atoms with Gasteiger partial charge in [-0.1, -0.05) is 12.8 Å². The second-order valence-corrected chi connectivity index (χ2v) is 4.04. The molecule has 1 amide bonds. The topological polar surface area (TPSA) is 69.0 Å². The van der Waals surface area contributed by atoms with Gasteiger partial charge in [0, 0.05) is 0 Å². The van der Waals surface area contributed by atoms with Crippen LogP contribution in [0.15, 0.2) is 12.7 Å². The molecule has 1 aliphatic rings. The Labute approximate surface area is 94.0 Å². The average Bonchev–Trinajstić information content (AvgIpc) is 2.96. The molecular weight excluding hydrogens is 208 g/mol. The van der Waals surface area contributed by atoms with Crippen LogP contribution >= 0.6 is 0 Å². The number of hydroxylamine groups is 1. The van der Waals surface area contributed by atoms with Crippen LogP contribution in [0.4, 0.5) is 0 Å². The van der Waals surface area contributed by atoms with Crippen molar-refractivity contribution in [2.24, 2.45) is 0 Å². The Bertz CT molecular complexity index is 333. The minimum absolute atomic E-state index is 0.173. The molecule has 1 heterocycles. The third-order valence-corrected chi connectivity index (χ3v) is 2.84. The summed E-state index contributed by atoms with van der Waals surface area (Å²) in [4.78, 5) is 20.8. The first-order valence-corrected chi connectivity index (χ1v) is 5.57. The van der Waals surface area contributed by atoms with Crippen LogP contribution in [0.5, 0.6) is 0 Å². The zero-order chi connectivity index (χ0) is 11.4. The molecule has 1 N–H and O–H groups in total. The normalized spacial score (nSPS) is 18.6. The fraction of sp³-hybridized carbons (Fsp3) is 0.700. The van der Waals surface area contributed by atoms with Gasteiger partial charge < -0.3 is 0 Å². The number of hydrogen-bond acceptors (Lipinski definition) is 4. The van der Waals surface area contributed by atoms with Crippen molar-refractivity contribution in [1.29, 1.82) is 0 Å². The number of aromatic nitrogens is 3. The Morgan fingerprint density at radius 1 is 1.56 bits per heavy atom. The van der Waals surface area contributed by atoms with Gasteiger partial charge in [-0.25, -0.2) is 15.1 Å². The van der Waals surface area contributed by atoms with E-state index in [0.717, 1.165) is 12.8 Å². The van der Waals surface area contributed by atoms with Crippen molar-refractivity contribution in [3.63, 3.8) is 0 Å². The first-order valence-electron chi connectivity index (χ1n) is 5.57. The lowest BCUT2D eigenvalue weighted by Crippen LogP contribution is -2.34. The van der Waals surface area contributed by atoms with Crippen molar-refractivity contribution in [2.45, 2.75) is 44.8 Å². The highest BCUT2D eigenvalue weighted by Gasteiger charge is 2.20. The van der Waals surface area contributed by atoms with Crippen LogP contribution in [0.25, 0.3) is 0 Å². The Morgan fingerprint density at radius 3 is 2.94 bits per heavy atom. The quantitative estimate of drug-likeness (QED) is 0.769. The van der Waals surface area contributed by atoms with Crippen LogP contribution in [0, 0.1) is 0 Å². The second kappa shape index (κ2) is 5.07. The molecule has 1 aromatic rings. The molecule has 16 heavy (non-hydrogen) atoms. The van der Waals surface area contributed by atoms with E-state index in [2.05, 4.69) is 15.6 Å². The van der Waals surface area contributed by atoms with E-state index in [4.69, 9.17) is 4.84 Å². The van der Waals surface area contributed by atoms with E-state index in [1.54, 1.807) is 6.92 Å². The molecule has 0 spiro atoms. The van der Waals surface area contributed by atoms with Crippen molar-refractivity contribution in [3.05, 3.63) is 12.7 Å². The molecule has 0 aliphatic heterocycles. The van der Waals surface area contributed by atoms with Gasteiger partial charge in [0.1, 0.15) is 18.7 Å². The molecule has 1 aromatic heterocycles. The molecule has 2 rings (SSSR count). The Kier molecular flexibility index (Phi) is 3.51. The van der Waals surface area contributed by atoms with Gasteiger partial charge in [-0.15, -0.1) is 0 Å². The highest BCUT2D eigenvalue weighted by molar-refractivity contribution is 5.78. The summed E-state index contributed by atoms with van der Waals surface area (Å²) in [5.74, 6) is -0.197. The number of carbonyl (C=O) groups excluding carboxylic acids is 1. The summed E-state index contributed by atoms with van der Waals surface area (Å²) in [6.45, 7) is 1.75. The highest BCUT2D eigenvalue weighted by Crippen LogP contribution is 2.20. The largest absolute Gasteiger partial charge is 0.270 e. The average molecular weight is 224 g/mol. The highest BCUT2D eigenvalue weighted by atomic mass is 16.7. The Morgan fingerprint density at radius 2 is 2.31 bits per heavy atom. The lowest BCUT2D eigenvalue weighted by Gasteiger charge is -2.14. The van der Waals surface area contributed by atoms with Crippen molar-refractivity contribution in [3.8, 4) is 0 Å². The molecule has 1 fully saturated rings. The predicted octanol–water partition coefficient (Wildman–Crippen LogP) is 0.830. The summed E-state index contributed by atoms with van der Waals surface area (Å²) in [6.07, 6.45) is 7.50. The van der Waals surface area contributed by atoms with Gasteiger partial charge in [-0.2, -0.15) is 5.10 Å². The molecule has 88 valence electrons. The number of rotatable bonds is 4. The molecule has 6 heteroatoms. The van der Waals surface area contributed by atoms with Gasteiger partial charge in [0.2, 0.25) is 0 Å². The van der Waals surface area contributed by atoms with E-state index in [0.29, 0.717) is 0 Å². The van der Waals surface area contributed by atoms with Gasteiger partial charge in [-0.3, -0.25) is 9.63 Å². The maximum absolute atomic E-state index is 11.7. The van der Waals surface area contributed by atoms with Crippen molar-refractivity contribution in [1.82, 2.24) is 20.2 Å². The first kappa shape index (κ1) is 11.1. The number of carbonyl (C=O) groups is 1. The summed E-state index contributed by atoms with van der Waals surface area (Å²) < 4.78 is 1.49. The van der Waals surface area contributed by atoms with Gasteiger partial charge >= 0.3 is 0 Å². The van der Waals surface area contributed by atoms with Crippen molar-refractivity contribution in [2.75, 3.05) is 0 Å².